The fraction of sp³-hybridized carbons (Fsp3) is 0.263. The number of hydrogen-bond acceptors (Lipinski definition) is 6. The van der Waals surface area contributed by atoms with Crippen molar-refractivity contribution in [2.24, 2.45) is 0 Å². The van der Waals surface area contributed by atoms with Crippen molar-refractivity contribution in [1.29, 1.82) is 0 Å². The Hall–Kier alpha value is -3.09. The zero-order valence-electron chi connectivity index (χ0n) is 15.0. The van der Waals surface area contributed by atoms with E-state index in [0.29, 0.717) is 34.3 Å². The molecule has 1 N–H and O–H groups in total. The Bertz CT molecular complexity index is 911. The zero-order valence-corrected chi connectivity index (χ0v) is 15.0. The van der Waals surface area contributed by atoms with E-state index in [4.69, 9.17) is 14.0 Å². The van der Waals surface area contributed by atoms with Gasteiger partial charge in [-0.1, -0.05) is 17.3 Å². The van der Waals surface area contributed by atoms with Gasteiger partial charge in [0, 0.05) is 11.6 Å². The Morgan fingerprint density at radius 1 is 1.12 bits per heavy atom. The number of aryl methyl sites for hydroxylation is 1. The van der Waals surface area contributed by atoms with E-state index < -0.39 is 0 Å². The van der Waals surface area contributed by atoms with Crippen LogP contribution in [0.15, 0.2) is 40.9 Å². The molecule has 26 heavy (non-hydrogen) atoms. The Morgan fingerprint density at radius 3 is 2.62 bits per heavy atom. The summed E-state index contributed by atoms with van der Waals surface area (Å²) in [6, 6.07) is 10.0. The maximum absolute atomic E-state index is 13.7. The lowest BCUT2D eigenvalue weighted by atomic mass is 10.1. The van der Waals surface area contributed by atoms with Gasteiger partial charge in [-0.3, -0.25) is 0 Å². The van der Waals surface area contributed by atoms with Crippen LogP contribution in [-0.2, 0) is 0 Å². The maximum Gasteiger partial charge on any atom is 0.249 e. The third kappa shape index (κ3) is 3.61. The molecule has 0 bridgehead atoms. The fourth-order valence-electron chi connectivity index (χ4n) is 2.47. The second-order valence-corrected chi connectivity index (χ2v) is 5.85. The van der Waals surface area contributed by atoms with Gasteiger partial charge in [-0.2, -0.15) is 4.98 Å². The molecule has 0 aliphatic heterocycles. The molecule has 7 heteroatoms. The summed E-state index contributed by atoms with van der Waals surface area (Å²) in [5, 5.41) is 7.21. The van der Waals surface area contributed by atoms with Crippen LogP contribution in [0.25, 0.3) is 11.4 Å². The van der Waals surface area contributed by atoms with Crippen molar-refractivity contribution < 1.29 is 18.4 Å². The van der Waals surface area contributed by atoms with Gasteiger partial charge in [0.05, 0.1) is 19.9 Å². The van der Waals surface area contributed by atoms with Gasteiger partial charge in [0.15, 0.2) is 0 Å². The van der Waals surface area contributed by atoms with Gasteiger partial charge in [0.1, 0.15) is 23.4 Å². The SMILES string of the molecule is COc1ccc(NC(C)c2nc(-c3ccc(C)c(F)c3)no2)c(OC)c1. The highest BCUT2D eigenvalue weighted by molar-refractivity contribution is 5.60. The van der Waals surface area contributed by atoms with Gasteiger partial charge in [-0.05, 0) is 37.6 Å². The molecule has 1 heterocycles. The van der Waals surface area contributed by atoms with Crippen LogP contribution < -0.4 is 14.8 Å². The number of hydrogen-bond donors (Lipinski definition) is 1. The number of rotatable bonds is 6. The van der Waals surface area contributed by atoms with Crippen molar-refractivity contribution in [2.75, 3.05) is 19.5 Å². The van der Waals surface area contributed by atoms with E-state index in [0.717, 1.165) is 5.69 Å². The predicted octanol–water partition coefficient (Wildman–Crippen LogP) is 4.37. The van der Waals surface area contributed by atoms with Gasteiger partial charge in [0.2, 0.25) is 11.7 Å². The summed E-state index contributed by atoms with van der Waals surface area (Å²) in [6.45, 7) is 3.59. The summed E-state index contributed by atoms with van der Waals surface area (Å²) in [6.07, 6.45) is 0. The standard InChI is InChI=1S/C19H20FN3O3/c1-11-5-6-13(9-15(11)20)18-22-19(26-23-18)12(2)21-16-8-7-14(24-3)10-17(16)25-4/h5-10,12,21H,1-4H3. The summed E-state index contributed by atoms with van der Waals surface area (Å²) in [5.74, 6) is 1.76. The first-order valence-electron chi connectivity index (χ1n) is 8.10. The fourth-order valence-corrected chi connectivity index (χ4v) is 2.47. The van der Waals surface area contributed by atoms with Gasteiger partial charge in [0.25, 0.3) is 0 Å². The van der Waals surface area contributed by atoms with Crippen molar-refractivity contribution in [2.45, 2.75) is 19.9 Å². The van der Waals surface area contributed by atoms with Crippen molar-refractivity contribution in [1.82, 2.24) is 10.1 Å². The first-order valence-corrected chi connectivity index (χ1v) is 8.10. The summed E-state index contributed by atoms with van der Waals surface area (Å²) in [7, 11) is 3.18. The Labute approximate surface area is 150 Å². The summed E-state index contributed by atoms with van der Waals surface area (Å²) in [4.78, 5) is 4.36. The number of ether oxygens (including phenoxy) is 2. The molecular weight excluding hydrogens is 337 g/mol. The van der Waals surface area contributed by atoms with E-state index in [2.05, 4.69) is 15.5 Å². The highest BCUT2D eigenvalue weighted by atomic mass is 19.1. The van der Waals surface area contributed by atoms with Crippen molar-refractivity contribution >= 4 is 5.69 Å². The van der Waals surface area contributed by atoms with Crippen molar-refractivity contribution in [3.63, 3.8) is 0 Å². The number of halogens is 1. The molecule has 2 aromatic carbocycles. The highest BCUT2D eigenvalue weighted by Crippen LogP contribution is 2.32. The smallest absolute Gasteiger partial charge is 0.249 e. The molecule has 1 aromatic heterocycles. The Balaban J connectivity index is 1.80. The van der Waals surface area contributed by atoms with Crippen molar-refractivity contribution in [3.05, 3.63) is 53.7 Å². The average Bonchev–Trinajstić information content (AvgIpc) is 3.14. The number of nitrogens with one attached hydrogen (secondary N) is 1. The molecule has 1 unspecified atom stereocenters. The van der Waals surface area contributed by atoms with E-state index in [-0.39, 0.29) is 11.9 Å². The van der Waals surface area contributed by atoms with Crippen LogP contribution in [0.1, 0.15) is 24.4 Å². The third-order valence-corrected chi connectivity index (χ3v) is 4.02. The van der Waals surface area contributed by atoms with E-state index in [9.17, 15) is 4.39 Å². The quantitative estimate of drug-likeness (QED) is 0.706. The van der Waals surface area contributed by atoms with Crippen LogP contribution in [0.2, 0.25) is 0 Å². The van der Waals surface area contributed by atoms with Crippen molar-refractivity contribution in [3.8, 4) is 22.9 Å². The van der Waals surface area contributed by atoms with Crippen LogP contribution in [0.5, 0.6) is 11.5 Å². The number of methoxy groups -OCH3 is 2. The van der Waals surface area contributed by atoms with Crippen LogP contribution in [0, 0.1) is 12.7 Å². The molecule has 0 aliphatic carbocycles. The monoisotopic (exact) mass is 357 g/mol. The molecule has 0 saturated carbocycles. The molecule has 0 aliphatic rings. The minimum atomic E-state index is -0.303. The number of nitrogens with zero attached hydrogens (tertiary/aromatic N) is 2. The maximum atomic E-state index is 13.7. The van der Waals surface area contributed by atoms with E-state index in [1.165, 1.54) is 6.07 Å². The molecule has 0 spiro atoms. The Morgan fingerprint density at radius 2 is 1.92 bits per heavy atom. The summed E-state index contributed by atoms with van der Waals surface area (Å²) < 4.78 is 29.6. The number of anilines is 1. The third-order valence-electron chi connectivity index (χ3n) is 4.02. The molecule has 0 fully saturated rings. The average molecular weight is 357 g/mol. The van der Waals surface area contributed by atoms with Gasteiger partial charge in [-0.15, -0.1) is 0 Å². The Kier molecular flexibility index (Phi) is 5.06. The minimum Gasteiger partial charge on any atom is -0.497 e. The van der Waals surface area contributed by atoms with Gasteiger partial charge in [-0.25, -0.2) is 4.39 Å². The van der Waals surface area contributed by atoms with E-state index in [1.54, 1.807) is 39.3 Å². The molecule has 136 valence electrons. The second kappa shape index (κ2) is 7.43. The highest BCUT2D eigenvalue weighted by Gasteiger charge is 2.17. The zero-order chi connectivity index (χ0) is 18.7. The topological polar surface area (TPSA) is 69.4 Å². The first kappa shape index (κ1) is 17.7. The van der Waals surface area contributed by atoms with E-state index >= 15 is 0 Å². The number of benzene rings is 2. The summed E-state index contributed by atoms with van der Waals surface area (Å²) >= 11 is 0. The van der Waals surface area contributed by atoms with Crippen LogP contribution in [0.4, 0.5) is 10.1 Å². The number of aromatic nitrogens is 2. The van der Waals surface area contributed by atoms with Crippen LogP contribution in [-0.4, -0.2) is 24.4 Å². The summed E-state index contributed by atoms with van der Waals surface area (Å²) in [5.41, 5.74) is 1.90. The van der Waals surface area contributed by atoms with Crippen LogP contribution in [0.3, 0.4) is 0 Å². The molecule has 0 saturated heterocycles. The molecule has 3 rings (SSSR count). The lowest BCUT2D eigenvalue weighted by Crippen LogP contribution is -2.08. The van der Waals surface area contributed by atoms with Crippen LogP contribution >= 0.6 is 0 Å². The minimum absolute atomic E-state index is 0.270. The van der Waals surface area contributed by atoms with E-state index in [1.807, 2.05) is 19.1 Å². The molecule has 3 aromatic rings. The molecule has 0 amide bonds. The van der Waals surface area contributed by atoms with Gasteiger partial charge < -0.3 is 19.3 Å². The molecule has 1 atom stereocenters. The lowest BCUT2D eigenvalue weighted by Gasteiger charge is -2.15. The van der Waals surface area contributed by atoms with Gasteiger partial charge >= 0.3 is 0 Å². The lowest BCUT2D eigenvalue weighted by molar-refractivity contribution is 0.366. The normalized spacial score (nSPS) is 11.9. The molecular formula is C19H20FN3O3. The first-order chi connectivity index (χ1) is 12.5. The predicted molar refractivity (Wildman–Crippen MR) is 96.0 cm³/mol. The largest absolute Gasteiger partial charge is 0.497 e. The molecule has 6 nitrogen and oxygen atoms in total. The second-order valence-electron chi connectivity index (χ2n) is 5.85. The molecule has 0 radical (unpaired) electrons.